The standard InChI is InChI=1S/C13H10BrN5O/c14-10-6-16-11-12(17-10)19(13(20)18-11)8-1-2-9-7(5-8)3-4-15-9/h1-4,6-7,15H,5H2,(H,16,18,20). The Kier molecular flexibility index (Phi) is 2.43. The summed E-state index contributed by atoms with van der Waals surface area (Å²) in [5, 5.41) is 3.19. The van der Waals surface area contributed by atoms with E-state index in [0.717, 1.165) is 17.8 Å². The van der Waals surface area contributed by atoms with Gasteiger partial charge in [-0.05, 0) is 34.3 Å². The molecule has 0 fully saturated rings. The molecule has 4 rings (SSSR count). The van der Waals surface area contributed by atoms with E-state index in [4.69, 9.17) is 0 Å². The molecular weight excluding hydrogens is 322 g/mol. The molecule has 0 saturated heterocycles. The van der Waals surface area contributed by atoms with Crippen LogP contribution in [0.15, 0.2) is 45.7 Å². The number of hydrogen-bond acceptors (Lipinski definition) is 4. The molecule has 100 valence electrons. The summed E-state index contributed by atoms with van der Waals surface area (Å²) in [7, 11) is 0. The van der Waals surface area contributed by atoms with Crippen molar-refractivity contribution in [1.29, 1.82) is 0 Å². The molecule has 1 atom stereocenters. The Hall–Kier alpha value is -2.15. The van der Waals surface area contributed by atoms with E-state index < -0.39 is 0 Å². The van der Waals surface area contributed by atoms with Gasteiger partial charge >= 0.3 is 5.69 Å². The Balaban J connectivity index is 1.91. The first kappa shape index (κ1) is 11.7. The topological polar surface area (TPSA) is 75.6 Å². The van der Waals surface area contributed by atoms with Crippen LogP contribution in [0, 0.1) is 5.92 Å². The molecule has 2 N–H and O–H groups in total. The highest BCUT2D eigenvalue weighted by Crippen LogP contribution is 2.30. The molecular formula is C13H10BrN5O. The summed E-state index contributed by atoms with van der Waals surface area (Å²) >= 11 is 3.29. The van der Waals surface area contributed by atoms with Gasteiger partial charge in [0.1, 0.15) is 4.60 Å². The number of fused-ring (bicyclic) bond motifs is 2. The summed E-state index contributed by atoms with van der Waals surface area (Å²) < 4.78 is 2.19. The Morgan fingerprint density at radius 1 is 1.40 bits per heavy atom. The SMILES string of the molecule is O=c1[nH]c2ncc(Br)nc2n1C1=CC=C2NC=CC2C1. The fourth-order valence-electron chi connectivity index (χ4n) is 2.59. The number of halogens is 1. The summed E-state index contributed by atoms with van der Waals surface area (Å²) in [5.74, 6) is 0.298. The Labute approximate surface area is 122 Å². The predicted octanol–water partition coefficient (Wildman–Crippen LogP) is 1.74. The van der Waals surface area contributed by atoms with Gasteiger partial charge in [-0.2, -0.15) is 0 Å². The zero-order valence-corrected chi connectivity index (χ0v) is 11.9. The first-order valence-electron chi connectivity index (χ1n) is 6.20. The Morgan fingerprint density at radius 3 is 3.20 bits per heavy atom. The van der Waals surface area contributed by atoms with Crippen LogP contribution in [0.2, 0.25) is 0 Å². The number of rotatable bonds is 1. The third-order valence-corrected chi connectivity index (χ3v) is 3.90. The van der Waals surface area contributed by atoms with E-state index in [-0.39, 0.29) is 5.69 Å². The van der Waals surface area contributed by atoms with Crippen LogP contribution >= 0.6 is 15.9 Å². The van der Waals surface area contributed by atoms with Gasteiger partial charge in [0.2, 0.25) is 0 Å². The quantitative estimate of drug-likeness (QED) is 0.834. The monoisotopic (exact) mass is 331 g/mol. The molecule has 0 amide bonds. The molecule has 0 bridgehead atoms. The van der Waals surface area contributed by atoms with E-state index in [1.54, 1.807) is 10.8 Å². The minimum absolute atomic E-state index is 0.212. The molecule has 0 saturated carbocycles. The first-order valence-corrected chi connectivity index (χ1v) is 6.99. The van der Waals surface area contributed by atoms with Crippen molar-refractivity contribution in [3.63, 3.8) is 0 Å². The van der Waals surface area contributed by atoms with Gasteiger partial charge in [-0.1, -0.05) is 6.08 Å². The van der Waals surface area contributed by atoms with Crippen molar-refractivity contribution < 1.29 is 0 Å². The molecule has 1 unspecified atom stereocenters. The minimum atomic E-state index is -0.212. The normalized spacial score (nSPS) is 20.6. The number of aromatic amines is 1. The molecule has 2 aliphatic rings. The summed E-state index contributed by atoms with van der Waals surface area (Å²) in [6, 6.07) is 0. The highest BCUT2D eigenvalue weighted by atomic mass is 79.9. The third kappa shape index (κ3) is 1.66. The lowest BCUT2D eigenvalue weighted by atomic mass is 9.96. The first-order chi connectivity index (χ1) is 9.72. The molecule has 20 heavy (non-hydrogen) atoms. The Bertz CT molecular complexity index is 857. The molecule has 6 nitrogen and oxygen atoms in total. The van der Waals surface area contributed by atoms with E-state index in [9.17, 15) is 4.79 Å². The predicted molar refractivity (Wildman–Crippen MR) is 78.6 cm³/mol. The number of imidazole rings is 1. The van der Waals surface area contributed by atoms with Crippen molar-refractivity contribution in [2.75, 3.05) is 0 Å². The number of nitrogens with one attached hydrogen (secondary N) is 2. The van der Waals surface area contributed by atoms with Crippen molar-refractivity contribution >= 4 is 32.9 Å². The fraction of sp³-hybridized carbons (Fsp3) is 0.154. The maximum absolute atomic E-state index is 12.2. The highest BCUT2D eigenvalue weighted by molar-refractivity contribution is 9.10. The molecule has 1 aliphatic carbocycles. The summed E-state index contributed by atoms with van der Waals surface area (Å²) in [6.07, 6.45) is 10.3. The van der Waals surface area contributed by atoms with Gasteiger partial charge in [0.05, 0.1) is 6.20 Å². The van der Waals surface area contributed by atoms with Crippen LogP contribution in [0.5, 0.6) is 0 Å². The van der Waals surface area contributed by atoms with E-state index in [0.29, 0.717) is 21.8 Å². The van der Waals surface area contributed by atoms with Gasteiger partial charge in [-0.25, -0.2) is 19.3 Å². The molecule has 0 radical (unpaired) electrons. The molecule has 2 aromatic heterocycles. The van der Waals surface area contributed by atoms with Crippen LogP contribution in [0.1, 0.15) is 6.42 Å². The average molecular weight is 332 g/mol. The van der Waals surface area contributed by atoms with Crippen molar-refractivity contribution in [2.24, 2.45) is 5.92 Å². The van der Waals surface area contributed by atoms with Crippen LogP contribution in [0.3, 0.4) is 0 Å². The van der Waals surface area contributed by atoms with Crippen LogP contribution in [0.4, 0.5) is 0 Å². The largest absolute Gasteiger partial charge is 0.365 e. The molecule has 0 aromatic carbocycles. The number of allylic oxidation sites excluding steroid dienone is 4. The lowest BCUT2D eigenvalue weighted by molar-refractivity contribution is 0.738. The van der Waals surface area contributed by atoms with Crippen molar-refractivity contribution in [3.05, 3.63) is 51.4 Å². The van der Waals surface area contributed by atoms with E-state index >= 15 is 0 Å². The van der Waals surface area contributed by atoms with Crippen molar-refractivity contribution in [1.82, 2.24) is 24.8 Å². The lowest BCUT2D eigenvalue weighted by Crippen LogP contribution is -2.20. The number of aromatic nitrogens is 4. The number of nitrogens with zero attached hydrogens (tertiary/aromatic N) is 3. The van der Waals surface area contributed by atoms with E-state index in [2.05, 4.69) is 42.3 Å². The second-order valence-electron chi connectivity index (χ2n) is 4.72. The molecule has 2 aromatic rings. The maximum atomic E-state index is 12.2. The molecule has 3 heterocycles. The van der Waals surface area contributed by atoms with Gasteiger partial charge in [-0.15, -0.1) is 0 Å². The minimum Gasteiger partial charge on any atom is -0.365 e. The van der Waals surface area contributed by atoms with Gasteiger partial charge in [-0.3, -0.25) is 4.98 Å². The van der Waals surface area contributed by atoms with Crippen LogP contribution in [0.25, 0.3) is 17.0 Å². The zero-order valence-electron chi connectivity index (χ0n) is 10.3. The smallest absolute Gasteiger partial charge is 0.333 e. The number of hydrogen-bond donors (Lipinski definition) is 2. The second-order valence-corrected chi connectivity index (χ2v) is 5.54. The van der Waals surface area contributed by atoms with Crippen molar-refractivity contribution in [2.45, 2.75) is 6.42 Å². The van der Waals surface area contributed by atoms with Gasteiger partial charge in [0.15, 0.2) is 11.3 Å². The Morgan fingerprint density at radius 2 is 2.30 bits per heavy atom. The average Bonchev–Trinajstić information content (AvgIpc) is 3.00. The summed E-state index contributed by atoms with van der Waals surface area (Å²) in [6.45, 7) is 0. The third-order valence-electron chi connectivity index (χ3n) is 3.51. The fourth-order valence-corrected chi connectivity index (χ4v) is 2.86. The van der Waals surface area contributed by atoms with Crippen molar-refractivity contribution in [3.8, 4) is 0 Å². The number of H-pyrrole nitrogens is 1. The highest BCUT2D eigenvalue weighted by Gasteiger charge is 2.23. The lowest BCUT2D eigenvalue weighted by Gasteiger charge is -2.18. The van der Waals surface area contributed by atoms with Gasteiger partial charge < -0.3 is 5.32 Å². The van der Waals surface area contributed by atoms with E-state index in [1.807, 2.05) is 18.4 Å². The molecule has 0 spiro atoms. The summed E-state index contributed by atoms with van der Waals surface area (Å²) in [4.78, 5) is 23.4. The molecule has 7 heteroatoms. The van der Waals surface area contributed by atoms with Crippen LogP contribution < -0.4 is 11.0 Å². The van der Waals surface area contributed by atoms with E-state index in [1.165, 1.54) is 0 Å². The van der Waals surface area contributed by atoms with Gasteiger partial charge in [0.25, 0.3) is 0 Å². The van der Waals surface area contributed by atoms with Gasteiger partial charge in [0, 0.05) is 23.7 Å². The summed E-state index contributed by atoms with van der Waals surface area (Å²) in [5.41, 5.74) is 2.90. The maximum Gasteiger partial charge on any atom is 0.333 e. The molecule has 1 aliphatic heterocycles. The van der Waals surface area contributed by atoms with Crippen LogP contribution in [-0.4, -0.2) is 19.5 Å². The zero-order chi connectivity index (χ0) is 13.7. The van der Waals surface area contributed by atoms with Crippen LogP contribution in [-0.2, 0) is 0 Å². The second kappa shape index (κ2) is 4.17.